The topological polar surface area (TPSA) is 80.9 Å². The lowest BCUT2D eigenvalue weighted by Crippen LogP contribution is -2.44. The van der Waals surface area contributed by atoms with Crippen LogP contribution in [-0.4, -0.2) is 22.1 Å². The van der Waals surface area contributed by atoms with E-state index >= 15 is 0 Å². The van der Waals surface area contributed by atoms with E-state index in [2.05, 4.69) is 29.4 Å². The summed E-state index contributed by atoms with van der Waals surface area (Å²) in [7, 11) is 0. The molecule has 0 bridgehead atoms. The maximum absolute atomic E-state index is 11.8. The second kappa shape index (κ2) is 6.80. The fourth-order valence-electron chi connectivity index (χ4n) is 1.36. The molecule has 0 fully saturated rings. The van der Waals surface area contributed by atoms with E-state index in [4.69, 9.17) is 5.73 Å². The summed E-state index contributed by atoms with van der Waals surface area (Å²) in [5.74, 6) is 0.436. The standard InChI is InChI=1S/C12H22N4OS/c1-5-8(4)10(13)11(17)14-6-9-15-16-12(18-9)7(2)3/h7-8,10H,5-6,13H2,1-4H3,(H,14,17). The van der Waals surface area contributed by atoms with E-state index in [9.17, 15) is 4.79 Å². The lowest BCUT2D eigenvalue weighted by atomic mass is 9.99. The van der Waals surface area contributed by atoms with Crippen molar-refractivity contribution in [3.63, 3.8) is 0 Å². The molecule has 0 spiro atoms. The Morgan fingerprint density at radius 2 is 2.06 bits per heavy atom. The van der Waals surface area contributed by atoms with Crippen LogP contribution < -0.4 is 11.1 Å². The summed E-state index contributed by atoms with van der Waals surface area (Å²) in [6, 6.07) is -0.451. The molecule has 0 aromatic carbocycles. The van der Waals surface area contributed by atoms with Crippen LogP contribution in [0.15, 0.2) is 0 Å². The van der Waals surface area contributed by atoms with E-state index < -0.39 is 6.04 Å². The SMILES string of the molecule is CCC(C)C(N)C(=O)NCc1nnc(C(C)C)s1. The Labute approximate surface area is 112 Å². The van der Waals surface area contributed by atoms with Gasteiger partial charge in [0.15, 0.2) is 0 Å². The summed E-state index contributed by atoms with van der Waals surface area (Å²) in [5, 5.41) is 12.7. The van der Waals surface area contributed by atoms with Crippen LogP contribution in [-0.2, 0) is 11.3 Å². The highest BCUT2D eigenvalue weighted by molar-refractivity contribution is 7.11. The van der Waals surface area contributed by atoms with Gasteiger partial charge >= 0.3 is 0 Å². The van der Waals surface area contributed by atoms with Crippen molar-refractivity contribution in [1.82, 2.24) is 15.5 Å². The van der Waals surface area contributed by atoms with Crippen LogP contribution in [0.3, 0.4) is 0 Å². The first kappa shape index (κ1) is 15.0. The van der Waals surface area contributed by atoms with Gasteiger partial charge in [0.2, 0.25) is 5.91 Å². The number of nitrogens with one attached hydrogen (secondary N) is 1. The molecular formula is C12H22N4OS. The summed E-state index contributed by atoms with van der Waals surface area (Å²) in [6.07, 6.45) is 0.894. The van der Waals surface area contributed by atoms with E-state index in [0.29, 0.717) is 12.5 Å². The first-order valence-electron chi connectivity index (χ1n) is 6.31. The third kappa shape index (κ3) is 4.03. The number of rotatable bonds is 6. The molecule has 1 rings (SSSR count). The zero-order valence-corrected chi connectivity index (χ0v) is 12.3. The maximum atomic E-state index is 11.8. The summed E-state index contributed by atoms with van der Waals surface area (Å²) in [6.45, 7) is 8.56. The summed E-state index contributed by atoms with van der Waals surface area (Å²) >= 11 is 1.53. The molecule has 2 atom stereocenters. The Bertz CT molecular complexity index is 391. The summed E-state index contributed by atoms with van der Waals surface area (Å²) < 4.78 is 0. The van der Waals surface area contributed by atoms with Crippen molar-refractivity contribution in [3.05, 3.63) is 10.0 Å². The molecule has 6 heteroatoms. The largest absolute Gasteiger partial charge is 0.348 e. The van der Waals surface area contributed by atoms with Crippen molar-refractivity contribution in [2.45, 2.75) is 52.6 Å². The molecule has 2 unspecified atom stereocenters. The summed E-state index contributed by atoms with van der Waals surface area (Å²) in [5.41, 5.74) is 5.84. The molecular weight excluding hydrogens is 248 g/mol. The average molecular weight is 270 g/mol. The molecule has 1 aromatic heterocycles. The van der Waals surface area contributed by atoms with Gasteiger partial charge in [0, 0.05) is 5.92 Å². The smallest absolute Gasteiger partial charge is 0.237 e. The molecule has 0 aliphatic carbocycles. The molecule has 1 heterocycles. The van der Waals surface area contributed by atoms with Crippen LogP contribution in [0.25, 0.3) is 0 Å². The highest BCUT2D eigenvalue weighted by Crippen LogP contribution is 2.18. The Morgan fingerprint density at radius 3 is 2.56 bits per heavy atom. The number of hydrogen-bond acceptors (Lipinski definition) is 5. The lowest BCUT2D eigenvalue weighted by molar-refractivity contribution is -0.123. The molecule has 0 aliphatic heterocycles. The minimum atomic E-state index is -0.451. The van der Waals surface area contributed by atoms with E-state index in [1.165, 1.54) is 11.3 Å². The number of carbonyl (C=O) groups excluding carboxylic acids is 1. The third-order valence-electron chi connectivity index (χ3n) is 2.95. The fraction of sp³-hybridized carbons (Fsp3) is 0.750. The van der Waals surface area contributed by atoms with Crippen LogP contribution in [0.4, 0.5) is 0 Å². The Balaban J connectivity index is 2.47. The van der Waals surface area contributed by atoms with Crippen LogP contribution in [0.1, 0.15) is 50.0 Å². The Kier molecular flexibility index (Phi) is 5.68. The van der Waals surface area contributed by atoms with E-state index in [0.717, 1.165) is 16.4 Å². The third-order valence-corrected chi connectivity index (χ3v) is 4.17. The Hall–Kier alpha value is -1.01. The number of amides is 1. The van der Waals surface area contributed by atoms with Crippen LogP contribution in [0.5, 0.6) is 0 Å². The molecule has 0 radical (unpaired) electrons. The minimum absolute atomic E-state index is 0.120. The minimum Gasteiger partial charge on any atom is -0.348 e. The lowest BCUT2D eigenvalue weighted by Gasteiger charge is -2.17. The van der Waals surface area contributed by atoms with Gasteiger partial charge in [-0.1, -0.05) is 45.5 Å². The number of nitrogens with zero attached hydrogens (tertiary/aromatic N) is 2. The zero-order chi connectivity index (χ0) is 13.7. The van der Waals surface area contributed by atoms with Gasteiger partial charge in [-0.05, 0) is 5.92 Å². The highest BCUT2D eigenvalue weighted by Gasteiger charge is 2.19. The fourth-order valence-corrected chi connectivity index (χ4v) is 2.15. The average Bonchev–Trinajstić information content (AvgIpc) is 2.82. The molecule has 1 aromatic rings. The Morgan fingerprint density at radius 1 is 1.39 bits per heavy atom. The number of hydrogen-bond donors (Lipinski definition) is 2. The van der Waals surface area contributed by atoms with Gasteiger partial charge in [0.1, 0.15) is 10.0 Å². The van der Waals surface area contributed by atoms with Crippen molar-refractivity contribution in [2.75, 3.05) is 0 Å². The van der Waals surface area contributed by atoms with Crippen LogP contribution in [0, 0.1) is 5.92 Å². The van der Waals surface area contributed by atoms with Crippen molar-refractivity contribution in [1.29, 1.82) is 0 Å². The van der Waals surface area contributed by atoms with Gasteiger partial charge < -0.3 is 11.1 Å². The van der Waals surface area contributed by atoms with E-state index in [1.807, 2.05) is 13.8 Å². The normalized spacial score (nSPS) is 14.6. The number of aromatic nitrogens is 2. The van der Waals surface area contributed by atoms with E-state index in [1.54, 1.807) is 0 Å². The second-order valence-electron chi connectivity index (χ2n) is 4.82. The maximum Gasteiger partial charge on any atom is 0.237 e. The van der Waals surface area contributed by atoms with Crippen LogP contribution in [0.2, 0.25) is 0 Å². The predicted molar refractivity (Wildman–Crippen MR) is 73.3 cm³/mol. The first-order chi connectivity index (χ1) is 8.45. The van der Waals surface area contributed by atoms with Gasteiger partial charge in [-0.15, -0.1) is 10.2 Å². The molecule has 102 valence electrons. The monoisotopic (exact) mass is 270 g/mol. The molecule has 18 heavy (non-hydrogen) atoms. The van der Waals surface area contributed by atoms with Gasteiger partial charge in [-0.25, -0.2) is 0 Å². The van der Waals surface area contributed by atoms with Gasteiger partial charge in [0.05, 0.1) is 12.6 Å². The van der Waals surface area contributed by atoms with Crippen molar-refractivity contribution < 1.29 is 4.79 Å². The molecule has 0 saturated heterocycles. The molecule has 0 aliphatic rings. The van der Waals surface area contributed by atoms with Crippen molar-refractivity contribution in [3.8, 4) is 0 Å². The second-order valence-corrected chi connectivity index (χ2v) is 5.91. The first-order valence-corrected chi connectivity index (χ1v) is 7.12. The van der Waals surface area contributed by atoms with Gasteiger partial charge in [0.25, 0.3) is 0 Å². The molecule has 5 nitrogen and oxygen atoms in total. The summed E-state index contributed by atoms with van der Waals surface area (Å²) in [4.78, 5) is 11.8. The van der Waals surface area contributed by atoms with Crippen LogP contribution >= 0.6 is 11.3 Å². The number of nitrogens with two attached hydrogens (primary N) is 1. The van der Waals surface area contributed by atoms with E-state index in [-0.39, 0.29) is 11.8 Å². The quantitative estimate of drug-likeness (QED) is 0.823. The molecule has 1 amide bonds. The van der Waals surface area contributed by atoms with Crippen molar-refractivity contribution in [2.24, 2.45) is 11.7 Å². The van der Waals surface area contributed by atoms with Gasteiger partial charge in [-0.2, -0.15) is 0 Å². The molecule has 3 N–H and O–H groups in total. The number of carbonyl (C=O) groups is 1. The van der Waals surface area contributed by atoms with Gasteiger partial charge in [-0.3, -0.25) is 4.79 Å². The predicted octanol–water partition coefficient (Wildman–Crippen LogP) is 1.65. The molecule has 0 saturated carbocycles. The highest BCUT2D eigenvalue weighted by atomic mass is 32.1. The van der Waals surface area contributed by atoms with Crippen molar-refractivity contribution >= 4 is 17.2 Å². The zero-order valence-electron chi connectivity index (χ0n) is 11.4.